The highest BCUT2D eigenvalue weighted by Crippen LogP contribution is 1.96. The molecule has 0 aromatic heterocycles. The molecule has 0 bridgehead atoms. The molecule has 1 aromatic carbocycles. The summed E-state index contributed by atoms with van der Waals surface area (Å²) < 4.78 is 0. The molecule has 1 heteroatoms. The van der Waals surface area contributed by atoms with Gasteiger partial charge in [0.2, 0.25) is 0 Å². The SMILES string of the molecule is CBr.CCc1ccccc1. The van der Waals surface area contributed by atoms with E-state index < -0.39 is 0 Å². The van der Waals surface area contributed by atoms with E-state index in [2.05, 4.69) is 47.1 Å². The molecule has 0 heterocycles. The first kappa shape index (κ1) is 9.70. The highest BCUT2D eigenvalue weighted by Gasteiger charge is 1.79. The Bertz CT molecular complexity index is 146. The van der Waals surface area contributed by atoms with Crippen LogP contribution in [0.2, 0.25) is 0 Å². The van der Waals surface area contributed by atoms with Crippen molar-refractivity contribution >= 4 is 15.9 Å². The van der Waals surface area contributed by atoms with Gasteiger partial charge in [-0.1, -0.05) is 53.2 Å². The van der Waals surface area contributed by atoms with Gasteiger partial charge < -0.3 is 0 Å². The fourth-order valence-electron chi connectivity index (χ4n) is 0.714. The molecule has 0 fully saturated rings. The Balaban J connectivity index is 0.000000371. The fourth-order valence-corrected chi connectivity index (χ4v) is 0.714. The van der Waals surface area contributed by atoms with E-state index in [0.29, 0.717) is 0 Å². The minimum absolute atomic E-state index is 1.14. The molecular weight excluding hydrogens is 188 g/mol. The first-order valence-electron chi connectivity index (χ1n) is 3.35. The maximum Gasteiger partial charge on any atom is -0.00848 e. The number of alkyl halides is 1. The number of aryl methyl sites for hydroxylation is 1. The second kappa shape index (κ2) is 6.81. The minimum atomic E-state index is 1.14. The third kappa shape index (κ3) is 3.67. The molecule has 0 nitrogen and oxygen atoms in total. The van der Waals surface area contributed by atoms with Crippen LogP contribution in [0.15, 0.2) is 30.3 Å². The molecule has 56 valence electrons. The van der Waals surface area contributed by atoms with Crippen molar-refractivity contribution < 1.29 is 0 Å². The molecule has 0 radical (unpaired) electrons. The van der Waals surface area contributed by atoms with Gasteiger partial charge in [0, 0.05) is 0 Å². The van der Waals surface area contributed by atoms with Crippen LogP contribution in [0, 0.1) is 0 Å². The van der Waals surface area contributed by atoms with Crippen LogP contribution in [0.25, 0.3) is 0 Å². The van der Waals surface area contributed by atoms with Gasteiger partial charge in [0.1, 0.15) is 0 Å². The minimum Gasteiger partial charge on any atom is -0.0966 e. The molecule has 1 aromatic rings. The van der Waals surface area contributed by atoms with E-state index in [1.807, 2.05) is 11.9 Å². The third-order valence-corrected chi connectivity index (χ3v) is 1.25. The van der Waals surface area contributed by atoms with Gasteiger partial charge in [0.15, 0.2) is 0 Å². The summed E-state index contributed by atoms with van der Waals surface area (Å²) in [7, 11) is 0. The Kier molecular flexibility index (Phi) is 6.61. The van der Waals surface area contributed by atoms with Crippen LogP contribution in [-0.2, 0) is 6.42 Å². The van der Waals surface area contributed by atoms with Crippen molar-refractivity contribution in [1.82, 2.24) is 0 Å². The van der Waals surface area contributed by atoms with Crippen LogP contribution in [0.3, 0.4) is 0 Å². The maximum absolute atomic E-state index is 2.94. The zero-order valence-corrected chi connectivity index (χ0v) is 8.06. The third-order valence-electron chi connectivity index (χ3n) is 1.25. The lowest BCUT2D eigenvalue weighted by molar-refractivity contribution is 1.14. The zero-order valence-electron chi connectivity index (χ0n) is 6.47. The van der Waals surface area contributed by atoms with Crippen LogP contribution in [0.5, 0.6) is 0 Å². The number of benzene rings is 1. The van der Waals surface area contributed by atoms with Crippen molar-refractivity contribution in [3.63, 3.8) is 0 Å². The van der Waals surface area contributed by atoms with E-state index in [9.17, 15) is 0 Å². The molecule has 0 spiro atoms. The highest BCUT2D eigenvalue weighted by atomic mass is 79.9. The van der Waals surface area contributed by atoms with Crippen molar-refractivity contribution in [3.8, 4) is 0 Å². The van der Waals surface area contributed by atoms with E-state index in [1.165, 1.54) is 5.56 Å². The molecule has 0 saturated carbocycles. The lowest BCUT2D eigenvalue weighted by Gasteiger charge is -1.89. The average molecular weight is 201 g/mol. The largest absolute Gasteiger partial charge is 0.0966 e. The zero-order chi connectivity index (χ0) is 7.82. The molecule has 0 aliphatic carbocycles. The van der Waals surface area contributed by atoms with Crippen LogP contribution in [0.4, 0.5) is 0 Å². The first-order valence-corrected chi connectivity index (χ1v) is 4.94. The van der Waals surface area contributed by atoms with Gasteiger partial charge in [0.25, 0.3) is 0 Å². The van der Waals surface area contributed by atoms with Crippen molar-refractivity contribution in [2.45, 2.75) is 13.3 Å². The van der Waals surface area contributed by atoms with Gasteiger partial charge in [-0.3, -0.25) is 0 Å². The van der Waals surface area contributed by atoms with Gasteiger partial charge in [0.05, 0.1) is 0 Å². The predicted molar refractivity (Wildman–Crippen MR) is 50.7 cm³/mol. The summed E-state index contributed by atoms with van der Waals surface area (Å²) in [6, 6.07) is 10.5. The predicted octanol–water partition coefficient (Wildman–Crippen LogP) is 3.26. The van der Waals surface area contributed by atoms with Gasteiger partial charge in [-0.2, -0.15) is 0 Å². The van der Waals surface area contributed by atoms with Gasteiger partial charge in [-0.05, 0) is 17.8 Å². The van der Waals surface area contributed by atoms with E-state index in [0.717, 1.165) is 6.42 Å². The first-order chi connectivity index (χ1) is 4.93. The molecule has 0 aliphatic heterocycles. The molecule has 0 amide bonds. The quantitative estimate of drug-likeness (QED) is 0.611. The van der Waals surface area contributed by atoms with Crippen molar-refractivity contribution in [2.24, 2.45) is 0 Å². The molecule has 0 N–H and O–H groups in total. The van der Waals surface area contributed by atoms with Crippen molar-refractivity contribution in [3.05, 3.63) is 35.9 Å². The normalized spacial score (nSPS) is 7.90. The van der Waals surface area contributed by atoms with Gasteiger partial charge in [-0.15, -0.1) is 0 Å². The average Bonchev–Trinajstić information content (AvgIpc) is 2.10. The molecule has 1 rings (SSSR count). The number of halogens is 1. The fraction of sp³-hybridized carbons (Fsp3) is 0.333. The molecular formula is C9H13Br. The Hall–Kier alpha value is -0.300. The number of hydrogen-bond donors (Lipinski definition) is 0. The lowest BCUT2D eigenvalue weighted by Crippen LogP contribution is -1.73. The molecule has 0 unspecified atom stereocenters. The van der Waals surface area contributed by atoms with E-state index in [-0.39, 0.29) is 0 Å². The molecule has 0 saturated heterocycles. The molecule has 0 atom stereocenters. The Morgan fingerprint density at radius 1 is 1.10 bits per heavy atom. The van der Waals surface area contributed by atoms with Crippen LogP contribution >= 0.6 is 15.9 Å². The summed E-state index contributed by atoms with van der Waals surface area (Å²) in [5.74, 6) is 1.81. The van der Waals surface area contributed by atoms with Gasteiger partial charge in [-0.25, -0.2) is 0 Å². The van der Waals surface area contributed by atoms with E-state index in [4.69, 9.17) is 0 Å². The van der Waals surface area contributed by atoms with Crippen LogP contribution < -0.4 is 0 Å². The summed E-state index contributed by atoms with van der Waals surface area (Å²) in [5, 5.41) is 0. The molecule has 0 aliphatic rings. The number of hydrogen-bond acceptors (Lipinski definition) is 0. The smallest absolute Gasteiger partial charge is 0.00848 e. The Labute approximate surface area is 71.4 Å². The van der Waals surface area contributed by atoms with Gasteiger partial charge >= 0.3 is 0 Å². The summed E-state index contributed by atoms with van der Waals surface area (Å²) in [5.41, 5.74) is 1.41. The summed E-state index contributed by atoms with van der Waals surface area (Å²) in [6.07, 6.45) is 1.14. The lowest BCUT2D eigenvalue weighted by atomic mass is 10.2. The topological polar surface area (TPSA) is 0 Å². The van der Waals surface area contributed by atoms with E-state index >= 15 is 0 Å². The number of rotatable bonds is 1. The summed E-state index contributed by atoms with van der Waals surface area (Å²) in [4.78, 5) is 0. The highest BCUT2D eigenvalue weighted by molar-refractivity contribution is 9.08. The van der Waals surface area contributed by atoms with Crippen molar-refractivity contribution in [2.75, 3.05) is 5.83 Å². The summed E-state index contributed by atoms with van der Waals surface area (Å²) >= 11 is 2.94. The maximum atomic E-state index is 2.94. The summed E-state index contributed by atoms with van der Waals surface area (Å²) in [6.45, 7) is 2.16. The second-order valence-corrected chi connectivity index (χ2v) is 1.84. The standard InChI is InChI=1S/C8H10.CH3Br/c1-2-8-6-4-3-5-7-8;1-2/h3-7H,2H2,1H3;1H3. The van der Waals surface area contributed by atoms with Crippen LogP contribution in [0.1, 0.15) is 12.5 Å². The van der Waals surface area contributed by atoms with Crippen molar-refractivity contribution in [1.29, 1.82) is 0 Å². The van der Waals surface area contributed by atoms with Crippen LogP contribution in [-0.4, -0.2) is 5.83 Å². The molecule has 10 heavy (non-hydrogen) atoms. The Morgan fingerprint density at radius 2 is 1.60 bits per heavy atom. The second-order valence-electron chi connectivity index (χ2n) is 1.84. The Morgan fingerprint density at radius 3 is 1.90 bits per heavy atom. The van der Waals surface area contributed by atoms with E-state index in [1.54, 1.807) is 0 Å². The monoisotopic (exact) mass is 200 g/mol.